The second-order valence-corrected chi connectivity index (χ2v) is 7.79. The van der Waals surface area contributed by atoms with E-state index < -0.39 is 5.97 Å². The highest BCUT2D eigenvalue weighted by molar-refractivity contribution is 7.17. The average Bonchev–Trinajstić information content (AvgIpc) is 3.19. The van der Waals surface area contributed by atoms with Crippen molar-refractivity contribution in [2.45, 2.75) is 34.1 Å². The summed E-state index contributed by atoms with van der Waals surface area (Å²) in [7, 11) is 1.34. The molecule has 0 radical (unpaired) electrons. The Labute approximate surface area is 168 Å². The van der Waals surface area contributed by atoms with Gasteiger partial charge in [-0.25, -0.2) is 4.79 Å². The van der Waals surface area contributed by atoms with E-state index in [-0.39, 0.29) is 5.91 Å². The first-order valence-electron chi connectivity index (χ1n) is 9.05. The molecule has 0 unspecified atom stereocenters. The van der Waals surface area contributed by atoms with Crippen molar-refractivity contribution in [1.82, 2.24) is 0 Å². The predicted molar refractivity (Wildman–Crippen MR) is 111 cm³/mol. The number of aryl methyl sites for hydroxylation is 4. The molecule has 0 atom stereocenters. The third-order valence-electron chi connectivity index (χ3n) is 4.64. The van der Waals surface area contributed by atoms with Crippen LogP contribution >= 0.6 is 11.3 Å². The van der Waals surface area contributed by atoms with Crippen LogP contribution in [0.5, 0.6) is 0 Å². The summed E-state index contributed by atoms with van der Waals surface area (Å²) in [4.78, 5) is 26.2. The molecule has 1 N–H and O–H groups in total. The SMILES string of the molecule is CCc1ccc(-c2c(C)sc(NC(=O)c3cc(C)oc3C)c2C(=O)OC)cc1. The minimum Gasteiger partial charge on any atom is -0.466 e. The highest BCUT2D eigenvalue weighted by Gasteiger charge is 2.26. The first-order chi connectivity index (χ1) is 13.3. The van der Waals surface area contributed by atoms with Gasteiger partial charge in [0.15, 0.2) is 0 Å². The molecular weight excluding hydrogens is 374 g/mol. The number of hydrogen-bond acceptors (Lipinski definition) is 5. The Morgan fingerprint density at radius 3 is 2.36 bits per heavy atom. The van der Waals surface area contributed by atoms with Crippen molar-refractivity contribution in [1.29, 1.82) is 0 Å². The number of hydrogen-bond donors (Lipinski definition) is 1. The van der Waals surface area contributed by atoms with Gasteiger partial charge in [-0.2, -0.15) is 0 Å². The van der Waals surface area contributed by atoms with Crippen LogP contribution in [0.15, 0.2) is 34.7 Å². The number of esters is 1. The summed E-state index contributed by atoms with van der Waals surface area (Å²) in [6.45, 7) is 7.56. The number of carbonyl (C=O) groups is 2. The second kappa shape index (κ2) is 8.02. The van der Waals surface area contributed by atoms with Gasteiger partial charge in [0.05, 0.1) is 12.7 Å². The Hall–Kier alpha value is -2.86. The molecule has 2 aromatic heterocycles. The highest BCUT2D eigenvalue weighted by atomic mass is 32.1. The molecule has 0 saturated carbocycles. The lowest BCUT2D eigenvalue weighted by molar-refractivity contribution is 0.0603. The van der Waals surface area contributed by atoms with Crippen LogP contribution in [-0.2, 0) is 11.2 Å². The molecule has 1 aromatic carbocycles. The van der Waals surface area contributed by atoms with E-state index in [1.807, 2.05) is 31.2 Å². The van der Waals surface area contributed by atoms with Crippen LogP contribution in [0.25, 0.3) is 11.1 Å². The molecule has 0 saturated heterocycles. The van der Waals surface area contributed by atoms with E-state index in [1.54, 1.807) is 19.9 Å². The number of benzene rings is 1. The smallest absolute Gasteiger partial charge is 0.341 e. The van der Waals surface area contributed by atoms with Gasteiger partial charge in [0.2, 0.25) is 0 Å². The fraction of sp³-hybridized carbons (Fsp3) is 0.273. The van der Waals surface area contributed by atoms with E-state index >= 15 is 0 Å². The zero-order valence-electron chi connectivity index (χ0n) is 16.6. The van der Waals surface area contributed by atoms with Gasteiger partial charge in [0, 0.05) is 10.4 Å². The Balaban J connectivity index is 2.05. The minimum absolute atomic E-state index is 0.311. The topological polar surface area (TPSA) is 68.5 Å². The van der Waals surface area contributed by atoms with E-state index in [0.717, 1.165) is 22.4 Å². The average molecular weight is 397 g/mol. The first-order valence-corrected chi connectivity index (χ1v) is 9.86. The standard InChI is InChI=1S/C22H23NO4S/c1-6-15-7-9-16(10-8-15)18-14(4)28-21(19(18)22(25)26-5)23-20(24)17-11-12(2)27-13(17)3/h7-11H,6H2,1-5H3,(H,23,24). The van der Waals surface area contributed by atoms with Crippen LogP contribution in [0.3, 0.4) is 0 Å². The van der Waals surface area contributed by atoms with Gasteiger partial charge in [0.25, 0.3) is 5.91 Å². The number of furan rings is 1. The molecule has 3 rings (SSSR count). The van der Waals surface area contributed by atoms with E-state index in [4.69, 9.17) is 9.15 Å². The number of amides is 1. The molecule has 146 valence electrons. The summed E-state index contributed by atoms with van der Waals surface area (Å²) in [5.41, 5.74) is 3.75. The fourth-order valence-electron chi connectivity index (χ4n) is 3.21. The van der Waals surface area contributed by atoms with Crippen molar-refractivity contribution in [3.05, 3.63) is 63.4 Å². The maximum atomic E-state index is 12.7. The van der Waals surface area contributed by atoms with Crippen LogP contribution in [0.1, 0.15) is 49.6 Å². The van der Waals surface area contributed by atoms with Gasteiger partial charge in [0.1, 0.15) is 22.1 Å². The summed E-state index contributed by atoms with van der Waals surface area (Å²) in [6, 6.07) is 9.77. The highest BCUT2D eigenvalue weighted by Crippen LogP contribution is 2.40. The zero-order chi connectivity index (χ0) is 20.4. The molecular formula is C22H23NO4S. The fourth-order valence-corrected chi connectivity index (χ4v) is 4.27. The van der Waals surface area contributed by atoms with Gasteiger partial charge in [-0.3, -0.25) is 4.79 Å². The van der Waals surface area contributed by atoms with E-state index in [9.17, 15) is 9.59 Å². The molecule has 3 aromatic rings. The number of nitrogens with one attached hydrogen (secondary N) is 1. The Morgan fingerprint density at radius 1 is 1.14 bits per heavy atom. The Bertz CT molecular complexity index is 1030. The number of carbonyl (C=O) groups excluding carboxylic acids is 2. The monoisotopic (exact) mass is 397 g/mol. The lowest BCUT2D eigenvalue weighted by Gasteiger charge is -2.08. The molecule has 5 nitrogen and oxygen atoms in total. The van der Waals surface area contributed by atoms with Crippen LogP contribution in [0.2, 0.25) is 0 Å². The summed E-state index contributed by atoms with van der Waals surface area (Å²) in [6.07, 6.45) is 0.942. The molecule has 1 amide bonds. The number of rotatable bonds is 5. The van der Waals surface area contributed by atoms with Crippen molar-refractivity contribution < 1.29 is 18.7 Å². The molecule has 28 heavy (non-hydrogen) atoms. The number of ether oxygens (including phenoxy) is 1. The van der Waals surface area contributed by atoms with Crippen molar-refractivity contribution in [2.24, 2.45) is 0 Å². The van der Waals surface area contributed by atoms with Crippen molar-refractivity contribution in [3.63, 3.8) is 0 Å². The van der Waals surface area contributed by atoms with Crippen LogP contribution in [0.4, 0.5) is 5.00 Å². The van der Waals surface area contributed by atoms with E-state index in [0.29, 0.717) is 27.6 Å². The van der Waals surface area contributed by atoms with Crippen molar-refractivity contribution >= 4 is 28.2 Å². The Kier molecular flexibility index (Phi) is 5.70. The molecule has 0 spiro atoms. The molecule has 0 aliphatic carbocycles. The van der Waals surface area contributed by atoms with Crippen molar-refractivity contribution in [3.8, 4) is 11.1 Å². The maximum Gasteiger partial charge on any atom is 0.341 e. The number of thiophene rings is 1. The van der Waals surface area contributed by atoms with Gasteiger partial charge in [-0.15, -0.1) is 11.3 Å². The van der Waals surface area contributed by atoms with Crippen LogP contribution in [0, 0.1) is 20.8 Å². The first kappa shape index (κ1) is 19.9. The summed E-state index contributed by atoms with van der Waals surface area (Å²) >= 11 is 1.36. The third-order valence-corrected chi connectivity index (χ3v) is 5.66. The number of methoxy groups -OCH3 is 1. The van der Waals surface area contributed by atoms with Gasteiger partial charge in [-0.05, 0) is 44.4 Å². The Morgan fingerprint density at radius 2 is 1.82 bits per heavy atom. The molecule has 0 bridgehead atoms. The summed E-state index contributed by atoms with van der Waals surface area (Å²) < 4.78 is 10.5. The molecule has 0 fully saturated rings. The lowest BCUT2D eigenvalue weighted by Crippen LogP contribution is -2.14. The van der Waals surface area contributed by atoms with E-state index in [1.165, 1.54) is 24.0 Å². The molecule has 2 heterocycles. The van der Waals surface area contributed by atoms with Gasteiger partial charge < -0.3 is 14.5 Å². The normalized spacial score (nSPS) is 10.8. The maximum absolute atomic E-state index is 12.7. The largest absolute Gasteiger partial charge is 0.466 e. The van der Waals surface area contributed by atoms with Gasteiger partial charge in [-0.1, -0.05) is 31.2 Å². The summed E-state index contributed by atoms with van der Waals surface area (Å²) in [5, 5.41) is 3.34. The molecule has 6 heteroatoms. The van der Waals surface area contributed by atoms with Crippen LogP contribution in [-0.4, -0.2) is 19.0 Å². The number of anilines is 1. The minimum atomic E-state index is -0.477. The zero-order valence-corrected chi connectivity index (χ0v) is 17.5. The second-order valence-electron chi connectivity index (χ2n) is 6.56. The molecule has 0 aliphatic heterocycles. The summed E-state index contributed by atoms with van der Waals surface area (Å²) in [5.74, 6) is 0.413. The quantitative estimate of drug-likeness (QED) is 0.574. The third kappa shape index (κ3) is 3.73. The van der Waals surface area contributed by atoms with E-state index in [2.05, 4.69) is 12.2 Å². The van der Waals surface area contributed by atoms with Crippen LogP contribution < -0.4 is 5.32 Å². The van der Waals surface area contributed by atoms with Gasteiger partial charge >= 0.3 is 5.97 Å². The van der Waals surface area contributed by atoms with Crippen molar-refractivity contribution in [2.75, 3.05) is 12.4 Å². The lowest BCUT2D eigenvalue weighted by atomic mass is 9.99. The molecule has 0 aliphatic rings. The predicted octanol–water partition coefficient (Wildman–Crippen LogP) is 5.53.